The number of halogens is 3. The minimum atomic E-state index is -4.21. The third-order valence-corrected chi connectivity index (χ3v) is 5.54. The van der Waals surface area contributed by atoms with E-state index in [0.717, 1.165) is 40.8 Å². The zero-order valence-electron chi connectivity index (χ0n) is 18.4. The molecule has 0 spiro atoms. The van der Waals surface area contributed by atoms with Crippen LogP contribution in [-0.4, -0.2) is 30.0 Å². The smallest absolute Gasteiger partial charge is 0.391 e. The molecule has 32 heavy (non-hydrogen) atoms. The van der Waals surface area contributed by atoms with Gasteiger partial charge in [0.2, 0.25) is 0 Å². The predicted molar refractivity (Wildman–Crippen MR) is 122 cm³/mol. The Morgan fingerprint density at radius 2 is 1.53 bits per heavy atom. The Labute approximate surface area is 187 Å². The maximum absolute atomic E-state index is 12.2. The average molecular weight is 443 g/mol. The van der Waals surface area contributed by atoms with E-state index >= 15 is 0 Å². The van der Waals surface area contributed by atoms with Gasteiger partial charge in [0.05, 0.1) is 12.6 Å². The second-order valence-corrected chi connectivity index (χ2v) is 8.25. The summed E-state index contributed by atoms with van der Waals surface area (Å²) >= 11 is 0. The molecular formula is C26H29F3N2O. The Morgan fingerprint density at radius 1 is 0.969 bits per heavy atom. The Morgan fingerprint density at radius 3 is 2.00 bits per heavy atom. The van der Waals surface area contributed by atoms with Gasteiger partial charge in [0, 0.05) is 29.4 Å². The van der Waals surface area contributed by atoms with Crippen LogP contribution in [0.1, 0.15) is 55.4 Å². The van der Waals surface area contributed by atoms with E-state index in [0.29, 0.717) is 0 Å². The van der Waals surface area contributed by atoms with Crippen molar-refractivity contribution in [2.45, 2.75) is 58.0 Å². The van der Waals surface area contributed by atoms with Crippen molar-refractivity contribution in [2.24, 2.45) is 0 Å². The van der Waals surface area contributed by atoms with Gasteiger partial charge in [0.25, 0.3) is 0 Å². The predicted octanol–water partition coefficient (Wildman–Crippen LogP) is 4.99. The fourth-order valence-electron chi connectivity index (χ4n) is 3.26. The van der Waals surface area contributed by atoms with Crippen molar-refractivity contribution >= 4 is 5.70 Å². The lowest BCUT2D eigenvalue weighted by Crippen LogP contribution is -2.35. The number of hydrogen-bond acceptors (Lipinski definition) is 3. The third-order valence-electron chi connectivity index (χ3n) is 5.54. The summed E-state index contributed by atoms with van der Waals surface area (Å²) in [5.41, 5.74) is 6.05. The summed E-state index contributed by atoms with van der Waals surface area (Å²) in [4.78, 5) is 0. The molecule has 0 saturated heterocycles. The first-order valence-electron chi connectivity index (χ1n) is 10.9. The van der Waals surface area contributed by atoms with Crippen LogP contribution in [0.4, 0.5) is 13.2 Å². The van der Waals surface area contributed by atoms with Gasteiger partial charge in [-0.25, -0.2) is 0 Å². The number of allylic oxidation sites excluding steroid dienone is 1. The van der Waals surface area contributed by atoms with Gasteiger partial charge in [-0.2, -0.15) is 13.2 Å². The molecule has 0 radical (unpaired) electrons. The first kappa shape index (κ1) is 23.9. The molecule has 2 aromatic rings. The van der Waals surface area contributed by atoms with E-state index in [9.17, 15) is 18.3 Å². The lowest BCUT2D eigenvalue weighted by molar-refractivity contribution is -0.125. The van der Waals surface area contributed by atoms with Crippen LogP contribution >= 0.6 is 0 Å². The molecule has 0 amide bonds. The summed E-state index contributed by atoms with van der Waals surface area (Å²) in [6.45, 7) is 2.91. The van der Waals surface area contributed by atoms with Crippen LogP contribution in [0.3, 0.4) is 0 Å². The van der Waals surface area contributed by atoms with Crippen LogP contribution in [0.5, 0.6) is 0 Å². The number of hydrogen-bond donors (Lipinski definition) is 3. The number of aliphatic hydroxyl groups is 1. The molecule has 1 fully saturated rings. The van der Waals surface area contributed by atoms with Crippen molar-refractivity contribution in [1.29, 1.82) is 0 Å². The largest absolute Gasteiger partial charge is 0.401 e. The highest BCUT2D eigenvalue weighted by Gasteiger charge is 2.26. The molecule has 0 heterocycles. The Balaban J connectivity index is 1.63. The number of nitrogens with one attached hydrogen (secondary N) is 2. The maximum Gasteiger partial charge on any atom is 0.401 e. The minimum absolute atomic E-state index is 0.0378. The molecule has 0 aromatic heterocycles. The van der Waals surface area contributed by atoms with Gasteiger partial charge in [0.15, 0.2) is 0 Å². The molecule has 3 rings (SSSR count). The molecular weight excluding hydrogens is 413 g/mol. The Kier molecular flexibility index (Phi) is 8.00. The standard InChI is InChI=1S/C26H29F3N2O/c1-18(19(2)32)31-25(23-4-3-5-23)24-14-12-21(13-15-24)7-6-20-8-10-22(11-9-20)16-30-17-26(27,28)29/h8-15,18-19,30-32H,3-5,16-17H2,1-2H3. The van der Waals surface area contributed by atoms with Gasteiger partial charge in [-0.3, -0.25) is 0 Å². The second kappa shape index (κ2) is 10.7. The van der Waals surface area contributed by atoms with E-state index < -0.39 is 18.8 Å². The lowest BCUT2D eigenvalue weighted by atomic mass is 9.88. The van der Waals surface area contributed by atoms with Crippen LogP contribution in [0.25, 0.3) is 5.70 Å². The molecule has 0 bridgehead atoms. The highest BCUT2D eigenvalue weighted by molar-refractivity contribution is 5.69. The highest BCUT2D eigenvalue weighted by Crippen LogP contribution is 2.32. The first-order chi connectivity index (χ1) is 15.2. The molecule has 3 nitrogen and oxygen atoms in total. The second-order valence-electron chi connectivity index (χ2n) is 8.25. The van der Waals surface area contributed by atoms with Crippen LogP contribution in [0, 0.1) is 11.8 Å². The lowest BCUT2D eigenvalue weighted by Gasteiger charge is -2.27. The molecule has 6 heteroatoms. The summed E-state index contributed by atoms with van der Waals surface area (Å²) in [5, 5.41) is 15.7. The summed E-state index contributed by atoms with van der Waals surface area (Å²) in [6.07, 6.45) is -1.29. The molecule has 1 saturated carbocycles. The van der Waals surface area contributed by atoms with Crippen LogP contribution in [0.2, 0.25) is 0 Å². The maximum atomic E-state index is 12.2. The van der Waals surface area contributed by atoms with E-state index in [-0.39, 0.29) is 12.6 Å². The van der Waals surface area contributed by atoms with Crippen LogP contribution in [-0.2, 0) is 6.54 Å². The molecule has 2 atom stereocenters. The number of alkyl halides is 3. The topological polar surface area (TPSA) is 44.3 Å². The summed E-state index contributed by atoms with van der Waals surface area (Å²) < 4.78 is 36.6. The van der Waals surface area contributed by atoms with Crippen LogP contribution in [0.15, 0.2) is 54.1 Å². The SMILES string of the molecule is CC(O)C(C)NC(=C1CCC1)c1ccc(C#Cc2ccc(CNCC(F)(F)F)cc2)cc1. The number of rotatable bonds is 7. The van der Waals surface area contributed by atoms with Crippen molar-refractivity contribution in [3.8, 4) is 11.8 Å². The summed E-state index contributed by atoms with van der Waals surface area (Å²) in [7, 11) is 0. The highest BCUT2D eigenvalue weighted by atomic mass is 19.4. The van der Waals surface area contributed by atoms with Crippen molar-refractivity contribution in [3.05, 3.63) is 76.4 Å². The quantitative estimate of drug-likeness (QED) is 0.529. The van der Waals surface area contributed by atoms with E-state index in [1.807, 2.05) is 43.3 Å². The van der Waals surface area contributed by atoms with Gasteiger partial charge in [-0.05, 0) is 74.1 Å². The van der Waals surface area contributed by atoms with Gasteiger partial charge in [0.1, 0.15) is 0 Å². The monoisotopic (exact) mass is 442 g/mol. The van der Waals surface area contributed by atoms with Crippen molar-refractivity contribution in [2.75, 3.05) is 6.54 Å². The first-order valence-corrected chi connectivity index (χ1v) is 10.9. The number of benzene rings is 2. The molecule has 2 unspecified atom stereocenters. The zero-order valence-corrected chi connectivity index (χ0v) is 18.4. The average Bonchev–Trinajstić information content (AvgIpc) is 2.71. The van der Waals surface area contributed by atoms with E-state index in [2.05, 4.69) is 22.5 Å². The molecule has 1 aliphatic carbocycles. The fraction of sp³-hybridized carbons (Fsp3) is 0.385. The van der Waals surface area contributed by atoms with Gasteiger partial charge in [-0.15, -0.1) is 0 Å². The van der Waals surface area contributed by atoms with E-state index in [4.69, 9.17) is 0 Å². The molecule has 170 valence electrons. The van der Waals surface area contributed by atoms with Crippen LogP contribution < -0.4 is 10.6 Å². The normalized spacial score (nSPS) is 15.2. The van der Waals surface area contributed by atoms with Gasteiger partial charge >= 0.3 is 6.18 Å². The molecule has 1 aliphatic rings. The Bertz CT molecular complexity index is 975. The van der Waals surface area contributed by atoms with Gasteiger partial charge < -0.3 is 15.7 Å². The van der Waals surface area contributed by atoms with E-state index in [1.165, 1.54) is 12.0 Å². The third kappa shape index (κ3) is 7.15. The molecule has 2 aromatic carbocycles. The summed E-state index contributed by atoms with van der Waals surface area (Å²) in [6, 6.07) is 15.2. The van der Waals surface area contributed by atoms with Crippen molar-refractivity contribution in [1.82, 2.24) is 10.6 Å². The van der Waals surface area contributed by atoms with Crippen molar-refractivity contribution < 1.29 is 18.3 Å². The molecule has 3 N–H and O–H groups in total. The zero-order chi connectivity index (χ0) is 23.1. The summed E-state index contributed by atoms with van der Waals surface area (Å²) in [5.74, 6) is 6.23. The van der Waals surface area contributed by atoms with E-state index in [1.54, 1.807) is 19.1 Å². The van der Waals surface area contributed by atoms with Gasteiger partial charge in [-0.1, -0.05) is 36.1 Å². The Hall–Kier alpha value is -2.75. The molecule has 0 aliphatic heterocycles. The van der Waals surface area contributed by atoms with Crippen molar-refractivity contribution in [3.63, 3.8) is 0 Å². The fourth-order valence-corrected chi connectivity index (χ4v) is 3.26. The minimum Gasteiger partial charge on any atom is -0.391 e. The number of aliphatic hydroxyl groups excluding tert-OH is 1.